The van der Waals surface area contributed by atoms with Crippen molar-refractivity contribution in [2.24, 2.45) is 11.7 Å². The number of aromatic amines is 1. The number of fused-ring (bicyclic) bond motifs is 1. The molecule has 8 heteroatoms. The van der Waals surface area contributed by atoms with Crippen LogP contribution in [0.25, 0.3) is 10.9 Å². The number of aromatic nitrogens is 1. The summed E-state index contributed by atoms with van der Waals surface area (Å²) >= 11 is 5.98. The topological polar surface area (TPSA) is 91.2 Å². The molecule has 0 saturated heterocycles. The van der Waals surface area contributed by atoms with Crippen LogP contribution < -0.4 is 11.1 Å². The van der Waals surface area contributed by atoms with Gasteiger partial charge in [0.2, 0.25) is 5.91 Å². The second kappa shape index (κ2) is 8.29. The fourth-order valence-electron chi connectivity index (χ4n) is 3.45. The highest BCUT2D eigenvalue weighted by molar-refractivity contribution is 6.31. The van der Waals surface area contributed by atoms with Crippen molar-refractivity contribution in [1.29, 1.82) is 0 Å². The number of carbonyl (C=O) groups excluding carboxylic acids is 2. The maximum atomic E-state index is 12.5. The van der Waals surface area contributed by atoms with E-state index in [-0.39, 0.29) is 42.2 Å². The van der Waals surface area contributed by atoms with Crippen LogP contribution in [0.4, 0.5) is 0 Å². The number of nitrogens with two attached hydrogens (primary N) is 1. The van der Waals surface area contributed by atoms with Gasteiger partial charge in [-0.05, 0) is 43.5 Å². The molecule has 4 N–H and O–H groups in total. The number of nitrogens with one attached hydrogen (secondary N) is 2. The Morgan fingerprint density at radius 2 is 2.00 bits per heavy atom. The first-order valence-corrected chi connectivity index (χ1v) is 8.79. The molecule has 0 aliphatic heterocycles. The Kier molecular flexibility index (Phi) is 6.55. The summed E-state index contributed by atoms with van der Waals surface area (Å²) in [6.45, 7) is 0. The van der Waals surface area contributed by atoms with E-state index in [1.165, 1.54) is 0 Å². The number of amides is 2. The van der Waals surface area contributed by atoms with Gasteiger partial charge in [0.25, 0.3) is 5.91 Å². The van der Waals surface area contributed by atoms with Crippen LogP contribution in [0.2, 0.25) is 5.02 Å². The molecule has 1 heterocycles. The minimum Gasteiger partial charge on any atom is -0.351 e. The van der Waals surface area contributed by atoms with Gasteiger partial charge in [0.1, 0.15) is 5.69 Å². The van der Waals surface area contributed by atoms with E-state index in [0.29, 0.717) is 23.6 Å². The average Bonchev–Trinajstić information content (AvgIpc) is 2.99. The highest BCUT2D eigenvalue weighted by atomic mass is 35.5. The normalized spacial score (nSPS) is 22.5. The molecule has 0 spiro atoms. The van der Waals surface area contributed by atoms with Crippen LogP contribution in [0.3, 0.4) is 0 Å². The lowest BCUT2D eigenvalue weighted by Gasteiger charge is -2.34. The van der Waals surface area contributed by atoms with Gasteiger partial charge < -0.3 is 20.9 Å². The van der Waals surface area contributed by atoms with Crippen LogP contribution in [0, 0.1) is 5.92 Å². The van der Waals surface area contributed by atoms with Gasteiger partial charge in [-0.15, -0.1) is 12.4 Å². The van der Waals surface area contributed by atoms with Gasteiger partial charge in [-0.3, -0.25) is 9.59 Å². The van der Waals surface area contributed by atoms with Crippen LogP contribution in [0.15, 0.2) is 24.3 Å². The maximum absolute atomic E-state index is 12.5. The minimum absolute atomic E-state index is 0. The molecule has 1 aliphatic rings. The van der Waals surface area contributed by atoms with Gasteiger partial charge in [-0.25, -0.2) is 0 Å². The van der Waals surface area contributed by atoms with Gasteiger partial charge in [0.05, 0.1) is 0 Å². The van der Waals surface area contributed by atoms with E-state index in [1.54, 1.807) is 31.1 Å². The molecule has 0 bridgehead atoms. The molecular weight excluding hydrogens is 375 g/mol. The molecule has 1 saturated carbocycles. The van der Waals surface area contributed by atoms with Crippen LogP contribution in [-0.2, 0) is 4.79 Å². The highest BCUT2D eigenvalue weighted by Crippen LogP contribution is 2.26. The van der Waals surface area contributed by atoms with Crippen molar-refractivity contribution >= 4 is 46.7 Å². The predicted molar refractivity (Wildman–Crippen MR) is 106 cm³/mol. The molecule has 6 nitrogen and oxygen atoms in total. The molecule has 1 aliphatic carbocycles. The van der Waals surface area contributed by atoms with Crippen molar-refractivity contribution in [2.45, 2.75) is 31.3 Å². The monoisotopic (exact) mass is 398 g/mol. The van der Waals surface area contributed by atoms with Crippen LogP contribution >= 0.6 is 24.0 Å². The molecule has 142 valence electrons. The van der Waals surface area contributed by atoms with E-state index in [2.05, 4.69) is 10.3 Å². The number of hydrogen-bond acceptors (Lipinski definition) is 3. The third-order valence-corrected chi connectivity index (χ3v) is 5.07. The van der Waals surface area contributed by atoms with Crippen molar-refractivity contribution in [1.82, 2.24) is 15.2 Å². The largest absolute Gasteiger partial charge is 0.351 e. The number of rotatable bonds is 3. The SMILES string of the molecule is CN(C)C(=O)[C@H]1CC[C@H](NC(=O)c2cc3cc(Cl)ccc3[nH]2)[C@H](N)C1.Cl. The smallest absolute Gasteiger partial charge is 0.268 e. The number of hydrogen-bond donors (Lipinski definition) is 3. The Hall–Kier alpha value is -1.76. The number of H-pyrrole nitrogens is 1. The molecular formula is C18H24Cl2N4O2. The second-order valence-corrected chi connectivity index (χ2v) is 7.34. The Morgan fingerprint density at radius 1 is 1.27 bits per heavy atom. The van der Waals surface area contributed by atoms with Gasteiger partial charge in [0, 0.05) is 48.0 Å². The first-order chi connectivity index (χ1) is 11.8. The van der Waals surface area contributed by atoms with Crippen LogP contribution in [-0.4, -0.2) is 47.9 Å². The lowest BCUT2D eigenvalue weighted by Crippen LogP contribution is -2.52. The summed E-state index contributed by atoms with van der Waals surface area (Å²) in [5, 5.41) is 4.52. The average molecular weight is 399 g/mol. The third-order valence-electron chi connectivity index (χ3n) is 4.83. The second-order valence-electron chi connectivity index (χ2n) is 6.90. The van der Waals surface area contributed by atoms with Gasteiger partial charge in [-0.2, -0.15) is 0 Å². The zero-order valence-electron chi connectivity index (χ0n) is 14.8. The molecule has 2 aromatic rings. The standard InChI is InChI=1S/C18H23ClN4O2.ClH/c1-23(2)18(25)10-3-5-15(13(20)8-10)22-17(24)16-9-11-7-12(19)4-6-14(11)21-16;/h4,6-7,9-10,13,15,21H,3,5,8,20H2,1-2H3,(H,22,24);1H/t10-,13+,15-;/m0./s1. The van der Waals surface area contributed by atoms with Crippen molar-refractivity contribution in [2.75, 3.05) is 14.1 Å². The van der Waals surface area contributed by atoms with Crippen molar-refractivity contribution in [3.05, 3.63) is 35.0 Å². The summed E-state index contributed by atoms with van der Waals surface area (Å²) in [6, 6.07) is 6.86. The maximum Gasteiger partial charge on any atom is 0.268 e. The molecule has 1 fully saturated rings. The van der Waals surface area contributed by atoms with Crippen molar-refractivity contribution < 1.29 is 9.59 Å². The lowest BCUT2D eigenvalue weighted by atomic mass is 9.82. The van der Waals surface area contributed by atoms with E-state index in [9.17, 15) is 9.59 Å². The Bertz CT molecular complexity index is 806. The van der Waals surface area contributed by atoms with Gasteiger partial charge >= 0.3 is 0 Å². The van der Waals surface area contributed by atoms with E-state index in [1.807, 2.05) is 12.1 Å². The summed E-state index contributed by atoms with van der Waals surface area (Å²) in [7, 11) is 3.51. The summed E-state index contributed by atoms with van der Waals surface area (Å²) in [6.07, 6.45) is 2.02. The molecule has 3 atom stereocenters. The third kappa shape index (κ3) is 4.31. The minimum atomic E-state index is -0.231. The molecule has 3 rings (SSSR count). The summed E-state index contributed by atoms with van der Waals surface area (Å²) in [5.74, 6) is -0.147. The number of nitrogens with zero attached hydrogens (tertiary/aromatic N) is 1. The molecule has 26 heavy (non-hydrogen) atoms. The molecule has 0 unspecified atom stereocenters. The Balaban J connectivity index is 0.00000243. The van der Waals surface area contributed by atoms with Gasteiger partial charge in [0.15, 0.2) is 0 Å². The quantitative estimate of drug-likeness (QED) is 0.741. The summed E-state index contributed by atoms with van der Waals surface area (Å²) in [4.78, 5) is 29.3. The first kappa shape index (κ1) is 20.6. The van der Waals surface area contributed by atoms with E-state index < -0.39 is 0 Å². The zero-order chi connectivity index (χ0) is 18.1. The number of benzene rings is 1. The molecule has 0 radical (unpaired) electrons. The fraction of sp³-hybridized carbons (Fsp3) is 0.444. The number of halogens is 2. The zero-order valence-corrected chi connectivity index (χ0v) is 16.4. The van der Waals surface area contributed by atoms with Gasteiger partial charge in [-0.1, -0.05) is 11.6 Å². The van der Waals surface area contributed by atoms with E-state index >= 15 is 0 Å². The molecule has 1 aromatic heterocycles. The fourth-order valence-corrected chi connectivity index (χ4v) is 3.63. The number of carbonyl (C=O) groups is 2. The summed E-state index contributed by atoms with van der Waals surface area (Å²) in [5.41, 5.74) is 7.56. The Labute approximate surface area is 163 Å². The molecule has 1 aromatic carbocycles. The molecule has 2 amide bonds. The van der Waals surface area contributed by atoms with E-state index in [0.717, 1.165) is 17.3 Å². The highest BCUT2D eigenvalue weighted by Gasteiger charge is 2.33. The first-order valence-electron chi connectivity index (χ1n) is 8.41. The Morgan fingerprint density at radius 3 is 2.65 bits per heavy atom. The lowest BCUT2D eigenvalue weighted by molar-refractivity contribution is -0.134. The predicted octanol–water partition coefficient (Wildman–Crippen LogP) is 2.56. The van der Waals surface area contributed by atoms with Crippen molar-refractivity contribution in [3.63, 3.8) is 0 Å². The van der Waals surface area contributed by atoms with Crippen LogP contribution in [0.1, 0.15) is 29.8 Å². The summed E-state index contributed by atoms with van der Waals surface area (Å²) < 4.78 is 0. The van der Waals surface area contributed by atoms with Crippen molar-refractivity contribution in [3.8, 4) is 0 Å². The van der Waals surface area contributed by atoms with E-state index in [4.69, 9.17) is 17.3 Å². The van der Waals surface area contributed by atoms with Crippen LogP contribution in [0.5, 0.6) is 0 Å².